The van der Waals surface area contributed by atoms with Crippen LogP contribution in [0.5, 0.6) is 0 Å². The lowest BCUT2D eigenvalue weighted by Gasteiger charge is -2.64. The summed E-state index contributed by atoms with van der Waals surface area (Å²) < 4.78 is 49.2. The van der Waals surface area contributed by atoms with Gasteiger partial charge in [0.25, 0.3) is 5.79 Å². The highest BCUT2D eigenvalue weighted by Gasteiger charge is 2.76. The normalized spacial score (nSPS) is 25.4. The van der Waals surface area contributed by atoms with Crippen molar-refractivity contribution in [3.05, 3.63) is 33.4 Å². The second kappa shape index (κ2) is 7.81. The van der Waals surface area contributed by atoms with Gasteiger partial charge < -0.3 is 37.6 Å². The van der Waals surface area contributed by atoms with Crippen molar-refractivity contribution < 1.29 is 37.6 Å². The Morgan fingerprint density at radius 2 is 0.912 bits per heavy atom. The Labute approximate surface area is 204 Å². The van der Waals surface area contributed by atoms with Gasteiger partial charge in [-0.05, 0) is 29.3 Å². The number of hydrogen-bond donors (Lipinski definition) is 0. The predicted molar refractivity (Wildman–Crippen MR) is 128 cm³/mol. The van der Waals surface area contributed by atoms with Gasteiger partial charge in [-0.2, -0.15) is 0 Å². The summed E-state index contributed by atoms with van der Waals surface area (Å²) in [4.78, 5) is 0. The predicted octanol–water partition coefficient (Wildman–Crippen LogP) is 3.97. The van der Waals surface area contributed by atoms with E-state index in [4.69, 9.17) is 37.6 Å². The molecule has 1 unspecified atom stereocenters. The third-order valence-electron chi connectivity index (χ3n) is 8.77. The summed E-state index contributed by atoms with van der Waals surface area (Å²) in [6.45, 7) is 11.0. The molecule has 0 fully saturated rings. The SMILES string of the molecule is COC1(OC)Cc2c1c1c(c3c2C(OC)(OC)C3(OC)O[Si](C)(C)C(C)(C)C)CC1(OC)OC. The van der Waals surface area contributed by atoms with Crippen molar-refractivity contribution in [1.82, 2.24) is 0 Å². The molecule has 0 radical (unpaired) electrons. The van der Waals surface area contributed by atoms with E-state index in [0.29, 0.717) is 12.8 Å². The zero-order valence-corrected chi connectivity index (χ0v) is 23.7. The third-order valence-corrected chi connectivity index (χ3v) is 13.2. The van der Waals surface area contributed by atoms with Crippen molar-refractivity contribution in [2.75, 3.05) is 49.8 Å². The van der Waals surface area contributed by atoms with Crippen LogP contribution in [0.15, 0.2) is 0 Å². The molecule has 192 valence electrons. The van der Waals surface area contributed by atoms with Crippen LogP contribution in [0.25, 0.3) is 0 Å². The Hall–Kier alpha value is -0.883. The van der Waals surface area contributed by atoms with E-state index < -0.39 is 31.5 Å². The topological polar surface area (TPSA) is 73.8 Å². The molecule has 0 heterocycles. The average molecular weight is 497 g/mol. The van der Waals surface area contributed by atoms with Crippen LogP contribution >= 0.6 is 0 Å². The lowest BCUT2D eigenvalue weighted by Crippen LogP contribution is -2.70. The third kappa shape index (κ3) is 2.71. The Balaban J connectivity index is 2.06. The van der Waals surface area contributed by atoms with Crippen molar-refractivity contribution >= 4 is 8.32 Å². The number of fused-ring (bicyclic) bond motifs is 6. The van der Waals surface area contributed by atoms with E-state index in [9.17, 15) is 0 Å². The number of ether oxygens (including phenoxy) is 7. The van der Waals surface area contributed by atoms with E-state index in [-0.39, 0.29) is 5.04 Å². The van der Waals surface area contributed by atoms with Crippen LogP contribution in [-0.2, 0) is 73.6 Å². The molecule has 0 spiro atoms. The molecule has 0 aliphatic heterocycles. The zero-order valence-electron chi connectivity index (χ0n) is 22.7. The zero-order chi connectivity index (χ0) is 25.5. The summed E-state index contributed by atoms with van der Waals surface area (Å²) in [6, 6.07) is 0. The molecule has 3 aliphatic carbocycles. The summed E-state index contributed by atoms with van der Waals surface area (Å²) in [7, 11) is 9.19. The molecule has 0 saturated heterocycles. The first-order valence-electron chi connectivity index (χ1n) is 11.6. The molecule has 9 heteroatoms. The van der Waals surface area contributed by atoms with Crippen LogP contribution in [0.2, 0.25) is 18.1 Å². The Morgan fingerprint density at radius 1 is 0.559 bits per heavy atom. The van der Waals surface area contributed by atoms with E-state index in [2.05, 4.69) is 33.9 Å². The molecule has 1 aromatic rings. The second-order valence-electron chi connectivity index (χ2n) is 10.8. The molecule has 1 atom stereocenters. The van der Waals surface area contributed by atoms with Crippen molar-refractivity contribution in [1.29, 1.82) is 0 Å². The van der Waals surface area contributed by atoms with Crippen molar-refractivity contribution in [2.45, 2.75) is 74.9 Å². The van der Waals surface area contributed by atoms with Crippen LogP contribution in [0.1, 0.15) is 54.2 Å². The maximum atomic E-state index is 7.05. The molecule has 3 aliphatic rings. The van der Waals surface area contributed by atoms with Gasteiger partial charge >= 0.3 is 0 Å². The van der Waals surface area contributed by atoms with Gasteiger partial charge in [-0.1, -0.05) is 20.8 Å². The van der Waals surface area contributed by atoms with Gasteiger partial charge in [0.05, 0.1) is 0 Å². The Morgan fingerprint density at radius 3 is 1.21 bits per heavy atom. The second-order valence-corrected chi connectivity index (χ2v) is 15.6. The molecular formula is C25H40O8Si. The van der Waals surface area contributed by atoms with Gasteiger partial charge in [0, 0.05) is 84.9 Å². The Bertz CT molecular complexity index is 986. The summed E-state index contributed by atoms with van der Waals surface area (Å²) in [5, 5.41) is -0.0570. The van der Waals surface area contributed by atoms with E-state index in [1.807, 2.05) is 0 Å². The number of benzene rings is 1. The van der Waals surface area contributed by atoms with E-state index in [1.165, 1.54) is 0 Å². The maximum absolute atomic E-state index is 7.05. The Kier molecular flexibility index (Phi) is 6.01. The van der Waals surface area contributed by atoms with Gasteiger partial charge in [0.15, 0.2) is 19.9 Å². The first kappa shape index (κ1) is 26.2. The molecule has 0 bridgehead atoms. The first-order valence-corrected chi connectivity index (χ1v) is 14.5. The van der Waals surface area contributed by atoms with Crippen LogP contribution in [-0.4, -0.2) is 58.1 Å². The monoisotopic (exact) mass is 496 g/mol. The summed E-state index contributed by atoms with van der Waals surface area (Å²) in [5.41, 5.74) is 5.78. The molecule has 0 saturated carbocycles. The largest absolute Gasteiger partial charge is 0.382 e. The van der Waals surface area contributed by atoms with Gasteiger partial charge in [0.2, 0.25) is 5.79 Å². The summed E-state index contributed by atoms with van der Waals surface area (Å²) in [6.07, 6.45) is 1.06. The van der Waals surface area contributed by atoms with Gasteiger partial charge in [-0.3, -0.25) is 0 Å². The molecule has 0 aromatic heterocycles. The van der Waals surface area contributed by atoms with Crippen molar-refractivity contribution in [2.24, 2.45) is 0 Å². The molecule has 4 rings (SSSR count). The van der Waals surface area contributed by atoms with Crippen molar-refractivity contribution in [3.8, 4) is 0 Å². The fourth-order valence-corrected chi connectivity index (χ4v) is 7.14. The van der Waals surface area contributed by atoms with E-state index >= 15 is 0 Å². The standard InChI is InChI=1S/C25H40O8Si/c1-21(2,3)34(11,12)33-25(32-10)20-16-14-23(28-6,29-7)18(16)17-15(13-22(17,26-4)27-5)19(20)24(25,30-8)31-9/h13-14H2,1-12H3. The smallest absolute Gasteiger partial charge is 0.255 e. The van der Waals surface area contributed by atoms with Gasteiger partial charge in [-0.25, -0.2) is 0 Å². The minimum absolute atomic E-state index is 0.0570. The number of methoxy groups -OCH3 is 7. The van der Waals surface area contributed by atoms with Crippen LogP contribution in [0, 0.1) is 0 Å². The first-order chi connectivity index (χ1) is 15.8. The highest BCUT2D eigenvalue weighted by molar-refractivity contribution is 6.74. The summed E-state index contributed by atoms with van der Waals surface area (Å²) in [5.74, 6) is -4.26. The lowest BCUT2D eigenvalue weighted by molar-refractivity contribution is -0.417. The fraction of sp³-hybridized carbons (Fsp3) is 0.760. The molecule has 0 amide bonds. The van der Waals surface area contributed by atoms with Gasteiger partial charge in [0.1, 0.15) is 0 Å². The highest BCUT2D eigenvalue weighted by atomic mass is 28.4. The van der Waals surface area contributed by atoms with Gasteiger partial charge in [-0.15, -0.1) is 0 Å². The van der Waals surface area contributed by atoms with Crippen LogP contribution in [0.3, 0.4) is 0 Å². The maximum Gasteiger partial charge on any atom is 0.255 e. The number of hydrogen-bond acceptors (Lipinski definition) is 8. The van der Waals surface area contributed by atoms with E-state index in [1.54, 1.807) is 49.8 Å². The minimum atomic E-state index is -2.34. The van der Waals surface area contributed by atoms with E-state index in [0.717, 1.165) is 33.4 Å². The van der Waals surface area contributed by atoms with Crippen LogP contribution < -0.4 is 0 Å². The molecular weight excluding hydrogens is 456 g/mol. The summed E-state index contributed by atoms with van der Waals surface area (Å²) >= 11 is 0. The number of rotatable bonds is 9. The molecule has 34 heavy (non-hydrogen) atoms. The molecule has 1 aromatic carbocycles. The van der Waals surface area contributed by atoms with Crippen LogP contribution in [0.4, 0.5) is 0 Å². The highest BCUT2D eigenvalue weighted by Crippen LogP contribution is 2.70. The fourth-order valence-electron chi connectivity index (χ4n) is 5.80. The molecule has 0 N–H and O–H groups in total. The van der Waals surface area contributed by atoms with Crippen molar-refractivity contribution in [3.63, 3.8) is 0 Å². The quantitative estimate of drug-likeness (QED) is 0.376. The minimum Gasteiger partial charge on any atom is -0.382 e. The molecule has 8 nitrogen and oxygen atoms in total. The average Bonchev–Trinajstić information content (AvgIpc) is 2.77. The lowest BCUT2D eigenvalue weighted by atomic mass is 9.56.